The van der Waals surface area contributed by atoms with Crippen molar-refractivity contribution in [2.24, 2.45) is 10.4 Å². The van der Waals surface area contributed by atoms with Crippen LogP contribution in [0, 0.1) is 5.41 Å². The minimum absolute atomic E-state index is 0. The maximum atomic E-state index is 5.71. The Kier molecular flexibility index (Phi) is 10.9. The van der Waals surface area contributed by atoms with Gasteiger partial charge in [-0.2, -0.15) is 0 Å². The summed E-state index contributed by atoms with van der Waals surface area (Å²) < 4.78 is 11.0. The van der Waals surface area contributed by atoms with Gasteiger partial charge in [0, 0.05) is 45.6 Å². The third-order valence-electron chi connectivity index (χ3n) is 4.84. The summed E-state index contributed by atoms with van der Waals surface area (Å²) in [7, 11) is 3.57. The highest BCUT2D eigenvalue weighted by Gasteiger charge is 2.36. The van der Waals surface area contributed by atoms with E-state index in [4.69, 9.17) is 9.47 Å². The van der Waals surface area contributed by atoms with Crippen molar-refractivity contribution >= 4 is 29.9 Å². The van der Waals surface area contributed by atoms with E-state index in [1.807, 2.05) is 12.1 Å². The van der Waals surface area contributed by atoms with Gasteiger partial charge < -0.3 is 20.1 Å². The van der Waals surface area contributed by atoms with Gasteiger partial charge in [-0.05, 0) is 37.2 Å². The van der Waals surface area contributed by atoms with E-state index in [0.717, 1.165) is 37.5 Å². The lowest BCUT2D eigenvalue weighted by atomic mass is 9.67. The van der Waals surface area contributed by atoms with Gasteiger partial charge in [-0.3, -0.25) is 4.99 Å². The number of hydrogen-bond acceptors (Lipinski definition) is 4. The second-order valence-electron chi connectivity index (χ2n) is 6.69. The van der Waals surface area contributed by atoms with Crippen LogP contribution in [-0.4, -0.2) is 44.9 Å². The van der Waals surface area contributed by atoms with Crippen molar-refractivity contribution in [3.63, 3.8) is 0 Å². The van der Waals surface area contributed by atoms with E-state index in [9.17, 15) is 0 Å². The number of aromatic nitrogens is 1. The first-order valence-corrected chi connectivity index (χ1v) is 9.23. The van der Waals surface area contributed by atoms with Gasteiger partial charge in [-0.25, -0.2) is 4.98 Å². The lowest BCUT2D eigenvalue weighted by Crippen LogP contribution is -2.46. The normalized spacial score (nSPS) is 15.6. The lowest BCUT2D eigenvalue weighted by molar-refractivity contribution is 0.0732. The van der Waals surface area contributed by atoms with Crippen molar-refractivity contribution in [1.82, 2.24) is 15.6 Å². The van der Waals surface area contributed by atoms with Gasteiger partial charge in [-0.15, -0.1) is 24.0 Å². The Hall–Kier alpha value is -1.09. The molecule has 0 unspecified atom stereocenters. The van der Waals surface area contributed by atoms with Crippen molar-refractivity contribution in [2.75, 3.05) is 33.9 Å². The number of pyridine rings is 1. The third-order valence-corrected chi connectivity index (χ3v) is 4.84. The molecule has 0 aliphatic heterocycles. The molecule has 0 radical (unpaired) electrons. The minimum Gasteiger partial charge on any atom is -0.477 e. The highest BCUT2D eigenvalue weighted by Crippen LogP contribution is 2.43. The number of guanidine groups is 1. The van der Waals surface area contributed by atoms with Crippen LogP contribution in [0.25, 0.3) is 0 Å². The molecule has 6 nitrogen and oxygen atoms in total. The number of methoxy groups -OCH3 is 1. The zero-order valence-electron chi connectivity index (χ0n) is 16.2. The Bertz CT molecular complexity index is 550. The smallest absolute Gasteiger partial charge is 0.218 e. The zero-order valence-corrected chi connectivity index (χ0v) is 18.5. The van der Waals surface area contributed by atoms with E-state index in [1.165, 1.54) is 19.3 Å². The molecule has 7 heteroatoms. The first-order valence-electron chi connectivity index (χ1n) is 9.23. The molecule has 1 fully saturated rings. The van der Waals surface area contributed by atoms with Crippen LogP contribution in [0.5, 0.6) is 5.88 Å². The summed E-state index contributed by atoms with van der Waals surface area (Å²) in [5.41, 5.74) is 1.40. The van der Waals surface area contributed by atoms with Crippen LogP contribution in [0.4, 0.5) is 0 Å². The number of rotatable bonds is 10. The Morgan fingerprint density at radius 3 is 2.73 bits per heavy atom. The summed E-state index contributed by atoms with van der Waals surface area (Å²) in [6, 6.07) is 3.96. The third kappa shape index (κ3) is 6.90. The summed E-state index contributed by atoms with van der Waals surface area (Å²) in [5.74, 6) is 1.51. The van der Waals surface area contributed by atoms with Crippen LogP contribution in [0.1, 0.15) is 44.6 Å². The number of ether oxygens (including phenoxy) is 2. The fourth-order valence-corrected chi connectivity index (χ4v) is 3.07. The van der Waals surface area contributed by atoms with Gasteiger partial charge in [0.25, 0.3) is 0 Å². The van der Waals surface area contributed by atoms with Gasteiger partial charge in [-0.1, -0.05) is 19.4 Å². The predicted octanol–water partition coefficient (Wildman–Crippen LogP) is 3.36. The molecule has 1 saturated carbocycles. The van der Waals surface area contributed by atoms with Gasteiger partial charge in [0.1, 0.15) is 0 Å². The van der Waals surface area contributed by atoms with Crippen LogP contribution in [0.3, 0.4) is 0 Å². The molecule has 0 bridgehead atoms. The van der Waals surface area contributed by atoms with E-state index < -0.39 is 0 Å². The van der Waals surface area contributed by atoms with Crippen molar-refractivity contribution in [3.05, 3.63) is 23.9 Å². The Morgan fingerprint density at radius 1 is 1.31 bits per heavy atom. The summed E-state index contributed by atoms with van der Waals surface area (Å²) in [5, 5.41) is 6.84. The summed E-state index contributed by atoms with van der Waals surface area (Å²) in [6.07, 6.45) is 7.67. The fraction of sp³-hybridized carbons (Fsp3) is 0.684. The monoisotopic (exact) mass is 476 g/mol. The first-order chi connectivity index (χ1) is 12.2. The molecule has 0 amide bonds. The minimum atomic E-state index is 0. The Morgan fingerprint density at radius 2 is 2.12 bits per heavy atom. The quantitative estimate of drug-likeness (QED) is 0.308. The average Bonchev–Trinajstić information content (AvgIpc) is 2.61. The van der Waals surface area contributed by atoms with Crippen molar-refractivity contribution < 1.29 is 9.47 Å². The van der Waals surface area contributed by atoms with Crippen LogP contribution in [0.2, 0.25) is 0 Å². The van der Waals surface area contributed by atoms with Gasteiger partial charge in [0.05, 0.1) is 6.61 Å². The second kappa shape index (κ2) is 12.3. The molecule has 0 aromatic carbocycles. The maximum Gasteiger partial charge on any atom is 0.218 e. The SMILES string of the molecule is CCCOc1ncccc1CNC(=NC)NCC1(CCOC)CCC1.I. The summed E-state index contributed by atoms with van der Waals surface area (Å²) in [4.78, 5) is 8.66. The molecule has 0 saturated heterocycles. The number of nitrogens with one attached hydrogen (secondary N) is 2. The average molecular weight is 476 g/mol. The second-order valence-corrected chi connectivity index (χ2v) is 6.69. The highest BCUT2D eigenvalue weighted by atomic mass is 127. The topological polar surface area (TPSA) is 67.8 Å². The lowest BCUT2D eigenvalue weighted by Gasteiger charge is -2.42. The molecule has 0 atom stereocenters. The number of aliphatic imine (C=N–C) groups is 1. The molecule has 1 aliphatic carbocycles. The molecule has 1 aromatic rings. The molecule has 0 spiro atoms. The number of nitrogens with zero attached hydrogens (tertiary/aromatic N) is 2. The predicted molar refractivity (Wildman–Crippen MR) is 116 cm³/mol. The highest BCUT2D eigenvalue weighted by molar-refractivity contribution is 14.0. The van der Waals surface area contributed by atoms with Crippen LogP contribution in [0.15, 0.2) is 23.3 Å². The number of halogens is 1. The van der Waals surface area contributed by atoms with Gasteiger partial charge in [0.2, 0.25) is 5.88 Å². The van der Waals surface area contributed by atoms with E-state index in [1.54, 1.807) is 20.4 Å². The molecule has 148 valence electrons. The van der Waals surface area contributed by atoms with E-state index >= 15 is 0 Å². The van der Waals surface area contributed by atoms with Crippen LogP contribution < -0.4 is 15.4 Å². The summed E-state index contributed by atoms with van der Waals surface area (Å²) >= 11 is 0. The molecule has 1 aliphatic rings. The fourth-order valence-electron chi connectivity index (χ4n) is 3.07. The van der Waals surface area contributed by atoms with E-state index in [-0.39, 0.29) is 24.0 Å². The molecule has 1 heterocycles. The van der Waals surface area contributed by atoms with Crippen molar-refractivity contribution in [2.45, 2.75) is 45.6 Å². The standard InChI is InChI=1S/C19H32N4O2.HI/c1-4-12-25-17-16(7-5-11-21-17)14-22-18(20-2)23-15-19(8-6-9-19)10-13-24-3;/h5,7,11H,4,6,8-10,12-15H2,1-3H3,(H2,20,22,23);1H. The molecule has 1 aromatic heterocycles. The first kappa shape index (κ1) is 23.0. The van der Waals surface area contributed by atoms with Crippen molar-refractivity contribution in [1.29, 1.82) is 0 Å². The van der Waals surface area contributed by atoms with Gasteiger partial charge >= 0.3 is 0 Å². The Balaban J connectivity index is 0.00000338. The van der Waals surface area contributed by atoms with E-state index in [0.29, 0.717) is 24.4 Å². The molecular formula is C19H33IN4O2. The molecule has 2 N–H and O–H groups in total. The molecule has 2 rings (SSSR count). The number of hydrogen-bond donors (Lipinski definition) is 2. The Labute approximate surface area is 174 Å². The maximum absolute atomic E-state index is 5.71. The van der Waals surface area contributed by atoms with Crippen LogP contribution in [-0.2, 0) is 11.3 Å². The van der Waals surface area contributed by atoms with E-state index in [2.05, 4.69) is 27.5 Å². The largest absolute Gasteiger partial charge is 0.477 e. The zero-order chi connectivity index (χ0) is 18.0. The summed E-state index contributed by atoms with van der Waals surface area (Å²) in [6.45, 7) is 5.16. The molecular weight excluding hydrogens is 443 g/mol. The van der Waals surface area contributed by atoms with Crippen LogP contribution >= 0.6 is 24.0 Å². The van der Waals surface area contributed by atoms with Crippen molar-refractivity contribution in [3.8, 4) is 5.88 Å². The molecule has 26 heavy (non-hydrogen) atoms. The van der Waals surface area contributed by atoms with Gasteiger partial charge in [0.15, 0.2) is 5.96 Å².